The Morgan fingerprint density at radius 1 is 1.12 bits per heavy atom. The molecule has 0 heterocycles. The third-order valence-electron chi connectivity index (χ3n) is 5.43. The molecule has 1 heteroatoms. The third kappa shape index (κ3) is 1.64. The van der Waals surface area contributed by atoms with E-state index < -0.39 is 0 Å². The molecule has 4 aliphatic carbocycles. The summed E-state index contributed by atoms with van der Waals surface area (Å²) in [5, 5.41) is 3.88. The Balaban J connectivity index is 1.29. The SMILES string of the molecule is C1=CC2C(C1)CC2NCC(C1CC1)C1CC1. The lowest BCUT2D eigenvalue weighted by Crippen LogP contribution is -2.49. The van der Waals surface area contributed by atoms with Crippen LogP contribution in [-0.2, 0) is 0 Å². The smallest absolute Gasteiger partial charge is 0.0136 e. The molecule has 0 bridgehead atoms. The predicted molar refractivity (Wildman–Crippen MR) is 66.1 cm³/mol. The van der Waals surface area contributed by atoms with E-state index in [0.717, 1.165) is 35.6 Å². The maximum Gasteiger partial charge on any atom is 0.0136 e. The molecule has 0 aromatic carbocycles. The van der Waals surface area contributed by atoms with Crippen LogP contribution >= 0.6 is 0 Å². The van der Waals surface area contributed by atoms with Gasteiger partial charge in [-0.1, -0.05) is 12.2 Å². The summed E-state index contributed by atoms with van der Waals surface area (Å²) in [4.78, 5) is 0. The Bertz CT molecular complexity index is 289. The quantitative estimate of drug-likeness (QED) is 0.698. The lowest BCUT2D eigenvalue weighted by atomic mass is 9.71. The monoisotopic (exact) mass is 217 g/mol. The molecule has 16 heavy (non-hydrogen) atoms. The number of rotatable bonds is 5. The van der Waals surface area contributed by atoms with Gasteiger partial charge in [-0.05, 0) is 74.7 Å². The van der Waals surface area contributed by atoms with Crippen LogP contribution in [0, 0.1) is 29.6 Å². The highest BCUT2D eigenvalue weighted by Crippen LogP contribution is 2.49. The predicted octanol–water partition coefficient (Wildman–Crippen LogP) is 2.98. The highest BCUT2D eigenvalue weighted by atomic mass is 15.0. The highest BCUT2D eigenvalue weighted by molar-refractivity contribution is 5.13. The first-order valence-corrected chi connectivity index (χ1v) is 7.32. The molecule has 3 atom stereocenters. The second kappa shape index (κ2) is 3.60. The van der Waals surface area contributed by atoms with E-state index in [1.807, 2.05) is 0 Å². The van der Waals surface area contributed by atoms with E-state index >= 15 is 0 Å². The minimum atomic E-state index is 0.837. The number of fused-ring (bicyclic) bond motifs is 1. The van der Waals surface area contributed by atoms with Gasteiger partial charge in [-0.25, -0.2) is 0 Å². The van der Waals surface area contributed by atoms with Crippen LogP contribution in [0.5, 0.6) is 0 Å². The molecule has 0 spiro atoms. The number of hydrogen-bond acceptors (Lipinski definition) is 1. The van der Waals surface area contributed by atoms with Crippen molar-refractivity contribution in [2.24, 2.45) is 29.6 Å². The van der Waals surface area contributed by atoms with Crippen molar-refractivity contribution in [3.8, 4) is 0 Å². The summed E-state index contributed by atoms with van der Waals surface area (Å²) in [6.07, 6.45) is 13.8. The van der Waals surface area contributed by atoms with Crippen LogP contribution in [0.1, 0.15) is 38.5 Å². The second-order valence-electron chi connectivity index (χ2n) is 6.59. The maximum absolute atomic E-state index is 3.88. The summed E-state index contributed by atoms with van der Waals surface area (Å²) in [6, 6.07) is 0.837. The molecule has 3 unspecified atom stereocenters. The first-order chi connectivity index (χ1) is 7.92. The molecule has 0 aliphatic heterocycles. The van der Waals surface area contributed by atoms with Crippen molar-refractivity contribution in [3.63, 3.8) is 0 Å². The molecule has 1 N–H and O–H groups in total. The molecular formula is C15H23N. The molecule has 4 rings (SSSR count). The molecule has 0 aromatic heterocycles. The first kappa shape index (κ1) is 9.70. The van der Waals surface area contributed by atoms with E-state index in [9.17, 15) is 0 Å². The van der Waals surface area contributed by atoms with Crippen molar-refractivity contribution < 1.29 is 0 Å². The zero-order valence-electron chi connectivity index (χ0n) is 10.1. The van der Waals surface area contributed by atoms with Crippen LogP contribution < -0.4 is 5.32 Å². The first-order valence-electron chi connectivity index (χ1n) is 7.32. The Kier molecular flexibility index (Phi) is 2.18. The van der Waals surface area contributed by atoms with Crippen molar-refractivity contribution in [1.82, 2.24) is 5.32 Å². The summed E-state index contributed by atoms with van der Waals surface area (Å²) in [7, 11) is 0. The molecular weight excluding hydrogens is 194 g/mol. The Morgan fingerprint density at radius 2 is 1.88 bits per heavy atom. The summed E-state index contributed by atoms with van der Waals surface area (Å²) >= 11 is 0. The molecule has 4 aliphatic rings. The normalized spacial score (nSPS) is 41.2. The van der Waals surface area contributed by atoms with Gasteiger partial charge in [0, 0.05) is 6.04 Å². The van der Waals surface area contributed by atoms with Crippen LogP contribution in [0.15, 0.2) is 12.2 Å². The van der Waals surface area contributed by atoms with Crippen molar-refractivity contribution in [2.45, 2.75) is 44.6 Å². The van der Waals surface area contributed by atoms with Crippen LogP contribution in [0.25, 0.3) is 0 Å². The van der Waals surface area contributed by atoms with Gasteiger partial charge >= 0.3 is 0 Å². The van der Waals surface area contributed by atoms with Gasteiger partial charge in [-0.15, -0.1) is 0 Å². The lowest BCUT2D eigenvalue weighted by molar-refractivity contribution is 0.153. The minimum absolute atomic E-state index is 0.837. The topological polar surface area (TPSA) is 12.0 Å². The van der Waals surface area contributed by atoms with E-state index in [-0.39, 0.29) is 0 Å². The van der Waals surface area contributed by atoms with Crippen molar-refractivity contribution >= 4 is 0 Å². The van der Waals surface area contributed by atoms with Crippen LogP contribution in [0.2, 0.25) is 0 Å². The van der Waals surface area contributed by atoms with Gasteiger partial charge < -0.3 is 5.32 Å². The molecule has 0 amide bonds. The average Bonchev–Trinajstić information content (AvgIpc) is 3.13. The molecule has 3 fully saturated rings. The van der Waals surface area contributed by atoms with Crippen molar-refractivity contribution in [2.75, 3.05) is 6.54 Å². The fourth-order valence-electron chi connectivity index (χ4n) is 4.00. The fourth-order valence-corrected chi connectivity index (χ4v) is 4.00. The largest absolute Gasteiger partial charge is 0.313 e. The fraction of sp³-hybridized carbons (Fsp3) is 0.867. The van der Waals surface area contributed by atoms with Crippen LogP contribution in [0.4, 0.5) is 0 Å². The molecule has 3 saturated carbocycles. The van der Waals surface area contributed by atoms with E-state index in [1.165, 1.54) is 45.1 Å². The maximum atomic E-state index is 3.88. The zero-order chi connectivity index (χ0) is 10.5. The van der Waals surface area contributed by atoms with Gasteiger partial charge in [0.2, 0.25) is 0 Å². The van der Waals surface area contributed by atoms with Crippen molar-refractivity contribution in [1.29, 1.82) is 0 Å². The van der Waals surface area contributed by atoms with E-state index in [0.29, 0.717) is 0 Å². The molecule has 1 nitrogen and oxygen atoms in total. The summed E-state index contributed by atoms with van der Waals surface area (Å²) < 4.78 is 0. The van der Waals surface area contributed by atoms with Gasteiger partial charge in [0.25, 0.3) is 0 Å². The van der Waals surface area contributed by atoms with E-state index in [4.69, 9.17) is 0 Å². The van der Waals surface area contributed by atoms with Crippen molar-refractivity contribution in [3.05, 3.63) is 12.2 Å². The molecule has 88 valence electrons. The third-order valence-corrected chi connectivity index (χ3v) is 5.43. The minimum Gasteiger partial charge on any atom is -0.313 e. The van der Waals surface area contributed by atoms with Gasteiger partial charge in [-0.2, -0.15) is 0 Å². The summed E-state index contributed by atoms with van der Waals surface area (Å²) in [5.74, 6) is 5.17. The molecule has 0 aromatic rings. The number of nitrogens with one attached hydrogen (secondary N) is 1. The number of allylic oxidation sites excluding steroid dienone is 1. The summed E-state index contributed by atoms with van der Waals surface area (Å²) in [5.41, 5.74) is 0. The zero-order valence-corrected chi connectivity index (χ0v) is 10.1. The Labute approximate surface area is 98.7 Å². The molecule has 0 radical (unpaired) electrons. The van der Waals surface area contributed by atoms with E-state index in [1.54, 1.807) is 0 Å². The average molecular weight is 217 g/mol. The van der Waals surface area contributed by atoms with Crippen LogP contribution in [0.3, 0.4) is 0 Å². The second-order valence-corrected chi connectivity index (χ2v) is 6.59. The van der Waals surface area contributed by atoms with Gasteiger partial charge in [0.05, 0.1) is 0 Å². The van der Waals surface area contributed by atoms with Crippen LogP contribution in [-0.4, -0.2) is 12.6 Å². The van der Waals surface area contributed by atoms with E-state index in [2.05, 4.69) is 17.5 Å². The number of hydrogen-bond donors (Lipinski definition) is 1. The van der Waals surface area contributed by atoms with Gasteiger partial charge in [-0.3, -0.25) is 0 Å². The molecule has 0 saturated heterocycles. The standard InChI is InChI=1S/C15H23N/c1-2-12-8-15(13(12)3-1)16-9-14(10-4-5-10)11-6-7-11/h1,3,10-16H,2,4-9H2. The Morgan fingerprint density at radius 3 is 2.50 bits per heavy atom. The lowest BCUT2D eigenvalue weighted by Gasteiger charge is -2.41. The Hall–Kier alpha value is -0.300. The highest BCUT2D eigenvalue weighted by Gasteiger charge is 2.44. The van der Waals surface area contributed by atoms with Gasteiger partial charge in [0.15, 0.2) is 0 Å². The van der Waals surface area contributed by atoms with Gasteiger partial charge in [0.1, 0.15) is 0 Å². The summed E-state index contributed by atoms with van der Waals surface area (Å²) in [6.45, 7) is 1.33.